The topological polar surface area (TPSA) is 74.5 Å². The zero-order valence-corrected chi connectivity index (χ0v) is 9.76. The van der Waals surface area contributed by atoms with Crippen LogP contribution in [-0.4, -0.2) is 24.3 Å². The molecule has 0 bridgehead atoms. The molecule has 0 atom stereocenters. The summed E-state index contributed by atoms with van der Waals surface area (Å²) in [7, 11) is 1.92. The van der Waals surface area contributed by atoms with E-state index in [1.807, 2.05) is 17.7 Å². The predicted octanol–water partition coefficient (Wildman–Crippen LogP) is 1.39. The number of aromatic nitrogens is 5. The van der Waals surface area contributed by atoms with Gasteiger partial charge in [0.15, 0.2) is 11.6 Å². The van der Waals surface area contributed by atoms with Crippen LogP contribution in [0.2, 0.25) is 5.02 Å². The Morgan fingerprint density at radius 1 is 1.35 bits per heavy atom. The number of imidazole rings is 1. The molecule has 7 heteroatoms. The first-order valence-corrected chi connectivity index (χ1v) is 5.31. The zero-order valence-electron chi connectivity index (χ0n) is 9.00. The number of hydrogen-bond acceptors (Lipinski definition) is 4. The maximum absolute atomic E-state index is 5.87. The third kappa shape index (κ3) is 1.45. The van der Waals surface area contributed by atoms with Crippen LogP contribution in [0, 0.1) is 0 Å². The molecule has 0 saturated carbocycles. The molecule has 0 aromatic carbocycles. The monoisotopic (exact) mass is 248 g/mol. The van der Waals surface area contributed by atoms with Gasteiger partial charge in [0.05, 0.1) is 18.0 Å². The minimum absolute atomic E-state index is 0.279. The minimum atomic E-state index is 0.279. The van der Waals surface area contributed by atoms with E-state index in [0.717, 1.165) is 11.0 Å². The van der Waals surface area contributed by atoms with Gasteiger partial charge in [0.1, 0.15) is 10.5 Å². The first kappa shape index (κ1) is 10.1. The molecule has 0 saturated heterocycles. The standard InChI is InChI=1S/C10H9ClN6/c1-16-5-14-8-7(16)2-3-13-10(8)17-4-6(11)9(12)15-17/h2-5H,1H3,(H2,12,15). The number of fused-ring (bicyclic) bond motifs is 1. The number of rotatable bonds is 1. The van der Waals surface area contributed by atoms with Crippen molar-refractivity contribution >= 4 is 28.5 Å². The van der Waals surface area contributed by atoms with Crippen molar-refractivity contribution < 1.29 is 0 Å². The van der Waals surface area contributed by atoms with E-state index in [0.29, 0.717) is 10.8 Å². The van der Waals surface area contributed by atoms with Crippen LogP contribution in [-0.2, 0) is 7.05 Å². The fourth-order valence-corrected chi connectivity index (χ4v) is 1.82. The predicted molar refractivity (Wildman–Crippen MR) is 65.1 cm³/mol. The molecule has 17 heavy (non-hydrogen) atoms. The molecule has 0 unspecified atom stereocenters. The highest BCUT2D eigenvalue weighted by Crippen LogP contribution is 2.22. The van der Waals surface area contributed by atoms with Gasteiger partial charge < -0.3 is 10.3 Å². The smallest absolute Gasteiger partial charge is 0.181 e. The second-order valence-corrected chi connectivity index (χ2v) is 4.07. The molecular weight excluding hydrogens is 240 g/mol. The van der Waals surface area contributed by atoms with Crippen molar-refractivity contribution in [3.8, 4) is 5.82 Å². The number of anilines is 1. The molecule has 0 radical (unpaired) electrons. The Morgan fingerprint density at radius 3 is 2.88 bits per heavy atom. The van der Waals surface area contributed by atoms with Crippen LogP contribution in [0.5, 0.6) is 0 Å². The highest BCUT2D eigenvalue weighted by Gasteiger charge is 2.11. The molecular formula is C10H9ClN6. The summed E-state index contributed by atoms with van der Waals surface area (Å²) >= 11 is 5.87. The SMILES string of the molecule is Cn1cnc2c(-n3cc(Cl)c(N)n3)nccc21. The number of halogens is 1. The van der Waals surface area contributed by atoms with E-state index in [2.05, 4.69) is 15.1 Å². The zero-order chi connectivity index (χ0) is 12.0. The van der Waals surface area contributed by atoms with Gasteiger partial charge in [-0.05, 0) is 6.07 Å². The summed E-state index contributed by atoms with van der Waals surface area (Å²) in [6.45, 7) is 0. The van der Waals surface area contributed by atoms with Crippen molar-refractivity contribution in [2.75, 3.05) is 5.73 Å². The van der Waals surface area contributed by atoms with Gasteiger partial charge in [-0.3, -0.25) is 0 Å². The molecule has 0 aliphatic rings. The van der Waals surface area contributed by atoms with E-state index in [1.54, 1.807) is 18.7 Å². The Balaban J connectivity index is 2.30. The fraction of sp³-hybridized carbons (Fsp3) is 0.100. The molecule has 0 amide bonds. The van der Waals surface area contributed by atoms with E-state index in [4.69, 9.17) is 17.3 Å². The number of nitrogen functional groups attached to an aromatic ring is 1. The number of nitrogens with two attached hydrogens (primary N) is 1. The summed E-state index contributed by atoms with van der Waals surface area (Å²) in [5, 5.41) is 4.49. The first-order chi connectivity index (χ1) is 8.16. The van der Waals surface area contributed by atoms with Crippen molar-refractivity contribution in [3.63, 3.8) is 0 Å². The third-order valence-corrected chi connectivity index (χ3v) is 2.83. The number of pyridine rings is 1. The van der Waals surface area contributed by atoms with E-state index in [1.165, 1.54) is 4.68 Å². The van der Waals surface area contributed by atoms with Gasteiger partial charge in [-0.1, -0.05) is 11.6 Å². The van der Waals surface area contributed by atoms with Crippen LogP contribution in [0.15, 0.2) is 24.8 Å². The van der Waals surface area contributed by atoms with Gasteiger partial charge >= 0.3 is 0 Å². The summed E-state index contributed by atoms with van der Waals surface area (Å²) in [4.78, 5) is 8.54. The molecule has 3 aromatic heterocycles. The van der Waals surface area contributed by atoms with Crippen molar-refractivity contribution in [3.05, 3.63) is 29.8 Å². The third-order valence-electron chi connectivity index (χ3n) is 2.54. The van der Waals surface area contributed by atoms with Gasteiger partial charge in [-0.15, -0.1) is 5.10 Å². The maximum atomic E-state index is 5.87. The van der Waals surface area contributed by atoms with Crippen LogP contribution >= 0.6 is 11.6 Å². The second kappa shape index (κ2) is 3.46. The van der Waals surface area contributed by atoms with E-state index in [-0.39, 0.29) is 5.82 Å². The molecule has 3 aromatic rings. The lowest BCUT2D eigenvalue weighted by molar-refractivity contribution is 0.858. The number of hydrogen-bond donors (Lipinski definition) is 1. The van der Waals surface area contributed by atoms with Crippen LogP contribution in [0.1, 0.15) is 0 Å². The van der Waals surface area contributed by atoms with Gasteiger partial charge in [0, 0.05) is 13.2 Å². The summed E-state index contributed by atoms with van der Waals surface area (Å²) < 4.78 is 3.45. The lowest BCUT2D eigenvalue weighted by Crippen LogP contribution is -2.00. The Labute approximate surface area is 102 Å². The van der Waals surface area contributed by atoms with E-state index >= 15 is 0 Å². The molecule has 0 fully saturated rings. The molecule has 6 nitrogen and oxygen atoms in total. The number of aryl methyl sites for hydroxylation is 1. The Kier molecular flexibility index (Phi) is 2.05. The molecule has 3 rings (SSSR count). The molecule has 0 aliphatic carbocycles. The van der Waals surface area contributed by atoms with Gasteiger partial charge in [-0.2, -0.15) is 0 Å². The van der Waals surface area contributed by atoms with Crippen molar-refractivity contribution in [1.82, 2.24) is 24.3 Å². The van der Waals surface area contributed by atoms with Crippen LogP contribution in [0.4, 0.5) is 5.82 Å². The van der Waals surface area contributed by atoms with Crippen LogP contribution in [0.3, 0.4) is 0 Å². The molecule has 86 valence electrons. The Hall–Kier alpha value is -2.08. The number of nitrogens with zero attached hydrogens (tertiary/aromatic N) is 5. The summed E-state index contributed by atoms with van der Waals surface area (Å²) in [5.41, 5.74) is 7.34. The molecule has 0 spiro atoms. The highest BCUT2D eigenvalue weighted by molar-refractivity contribution is 6.32. The molecule has 3 heterocycles. The lowest BCUT2D eigenvalue weighted by Gasteiger charge is -2.01. The average Bonchev–Trinajstić information content (AvgIpc) is 2.84. The first-order valence-electron chi connectivity index (χ1n) is 4.94. The van der Waals surface area contributed by atoms with Gasteiger partial charge in [0.25, 0.3) is 0 Å². The quantitative estimate of drug-likeness (QED) is 0.706. The fourth-order valence-electron chi connectivity index (χ4n) is 1.69. The van der Waals surface area contributed by atoms with Crippen molar-refractivity contribution in [1.29, 1.82) is 0 Å². The normalized spacial score (nSPS) is 11.2. The van der Waals surface area contributed by atoms with Crippen LogP contribution < -0.4 is 5.73 Å². The highest BCUT2D eigenvalue weighted by atomic mass is 35.5. The van der Waals surface area contributed by atoms with Crippen molar-refractivity contribution in [2.45, 2.75) is 0 Å². The average molecular weight is 249 g/mol. The summed E-state index contributed by atoms with van der Waals surface area (Å²) in [6.07, 6.45) is 5.04. The molecule has 2 N–H and O–H groups in total. The maximum Gasteiger partial charge on any atom is 0.181 e. The van der Waals surface area contributed by atoms with Crippen LogP contribution in [0.25, 0.3) is 16.9 Å². The Morgan fingerprint density at radius 2 is 2.18 bits per heavy atom. The lowest BCUT2D eigenvalue weighted by atomic mass is 10.4. The van der Waals surface area contributed by atoms with E-state index < -0.39 is 0 Å². The Bertz CT molecular complexity index is 678. The van der Waals surface area contributed by atoms with E-state index in [9.17, 15) is 0 Å². The minimum Gasteiger partial charge on any atom is -0.381 e. The molecule has 0 aliphatic heterocycles. The summed E-state index contributed by atoms with van der Waals surface area (Å²) in [6, 6.07) is 1.89. The largest absolute Gasteiger partial charge is 0.381 e. The second-order valence-electron chi connectivity index (χ2n) is 3.66. The summed E-state index contributed by atoms with van der Waals surface area (Å²) in [5.74, 6) is 0.892. The van der Waals surface area contributed by atoms with Crippen molar-refractivity contribution in [2.24, 2.45) is 7.05 Å². The van der Waals surface area contributed by atoms with Gasteiger partial charge in [0.2, 0.25) is 0 Å². The van der Waals surface area contributed by atoms with Gasteiger partial charge in [-0.25, -0.2) is 14.6 Å².